The number of carbonyl (C=O) groups excluding carboxylic acids is 1. The second kappa shape index (κ2) is 6.37. The predicted molar refractivity (Wildman–Crippen MR) is 69.7 cm³/mol. The van der Waals surface area contributed by atoms with Crippen molar-refractivity contribution in [2.45, 2.75) is 44.6 Å². The lowest BCUT2D eigenvalue weighted by Crippen LogP contribution is -2.39. The summed E-state index contributed by atoms with van der Waals surface area (Å²) < 4.78 is 5.63. The number of nitrogens with zero attached hydrogens (tertiary/aromatic N) is 1. The summed E-state index contributed by atoms with van der Waals surface area (Å²) in [6.07, 6.45) is 5.25. The molecule has 1 heterocycles. The highest BCUT2D eigenvalue weighted by molar-refractivity contribution is 5.80. The SMILES string of the molecule is CN(CC1CCCCO1)C(=O)[C@@H]1CC[C@H](C(=O)O)C1. The van der Waals surface area contributed by atoms with Crippen LogP contribution in [0.5, 0.6) is 0 Å². The Bertz CT molecular complexity index is 338. The average molecular weight is 269 g/mol. The Morgan fingerprint density at radius 3 is 2.53 bits per heavy atom. The fourth-order valence-corrected chi connectivity index (χ4v) is 3.09. The van der Waals surface area contributed by atoms with E-state index in [-0.39, 0.29) is 23.8 Å². The van der Waals surface area contributed by atoms with Gasteiger partial charge in [-0.15, -0.1) is 0 Å². The number of hydrogen-bond acceptors (Lipinski definition) is 3. The smallest absolute Gasteiger partial charge is 0.306 e. The third kappa shape index (κ3) is 3.69. The first kappa shape index (κ1) is 14.3. The molecule has 5 heteroatoms. The van der Waals surface area contributed by atoms with Crippen molar-refractivity contribution in [3.63, 3.8) is 0 Å². The molecule has 1 aliphatic carbocycles. The molecule has 0 aromatic rings. The van der Waals surface area contributed by atoms with Crippen LogP contribution in [-0.2, 0) is 14.3 Å². The van der Waals surface area contributed by atoms with Crippen molar-refractivity contribution in [2.24, 2.45) is 11.8 Å². The number of ether oxygens (including phenoxy) is 1. The van der Waals surface area contributed by atoms with Crippen molar-refractivity contribution in [3.05, 3.63) is 0 Å². The van der Waals surface area contributed by atoms with Crippen LogP contribution in [0.15, 0.2) is 0 Å². The Hall–Kier alpha value is -1.10. The molecule has 2 aliphatic rings. The molecule has 1 aliphatic heterocycles. The molecule has 2 fully saturated rings. The first-order chi connectivity index (χ1) is 9.08. The van der Waals surface area contributed by atoms with Crippen LogP contribution in [-0.4, -0.2) is 48.2 Å². The van der Waals surface area contributed by atoms with Gasteiger partial charge < -0.3 is 14.7 Å². The van der Waals surface area contributed by atoms with Crippen LogP contribution in [0, 0.1) is 11.8 Å². The van der Waals surface area contributed by atoms with Gasteiger partial charge in [0.1, 0.15) is 0 Å². The summed E-state index contributed by atoms with van der Waals surface area (Å²) >= 11 is 0. The molecule has 0 aromatic carbocycles. The van der Waals surface area contributed by atoms with E-state index in [0.29, 0.717) is 25.8 Å². The van der Waals surface area contributed by atoms with Gasteiger partial charge in [0.05, 0.1) is 12.0 Å². The summed E-state index contributed by atoms with van der Waals surface area (Å²) in [5.74, 6) is -1.14. The largest absolute Gasteiger partial charge is 0.481 e. The molecule has 19 heavy (non-hydrogen) atoms. The second-order valence-electron chi connectivity index (χ2n) is 5.75. The van der Waals surface area contributed by atoms with Crippen molar-refractivity contribution >= 4 is 11.9 Å². The van der Waals surface area contributed by atoms with E-state index in [1.54, 1.807) is 11.9 Å². The number of aliphatic carboxylic acids is 1. The quantitative estimate of drug-likeness (QED) is 0.840. The van der Waals surface area contributed by atoms with E-state index in [4.69, 9.17) is 9.84 Å². The van der Waals surface area contributed by atoms with Crippen LogP contribution < -0.4 is 0 Å². The van der Waals surface area contributed by atoms with E-state index in [9.17, 15) is 9.59 Å². The summed E-state index contributed by atoms with van der Waals surface area (Å²) in [7, 11) is 1.80. The lowest BCUT2D eigenvalue weighted by molar-refractivity contribution is -0.141. The summed E-state index contributed by atoms with van der Waals surface area (Å²) in [5.41, 5.74) is 0. The maximum atomic E-state index is 12.3. The van der Waals surface area contributed by atoms with Gasteiger partial charge in [0.15, 0.2) is 0 Å². The minimum Gasteiger partial charge on any atom is -0.481 e. The fourth-order valence-electron chi connectivity index (χ4n) is 3.09. The van der Waals surface area contributed by atoms with E-state index < -0.39 is 5.97 Å². The molecule has 108 valence electrons. The molecular weight excluding hydrogens is 246 g/mol. The zero-order valence-electron chi connectivity index (χ0n) is 11.5. The molecule has 0 spiro atoms. The van der Waals surface area contributed by atoms with Gasteiger partial charge >= 0.3 is 5.97 Å². The van der Waals surface area contributed by atoms with Crippen LogP contribution >= 0.6 is 0 Å². The van der Waals surface area contributed by atoms with Crippen LogP contribution in [0.25, 0.3) is 0 Å². The zero-order valence-corrected chi connectivity index (χ0v) is 11.5. The molecule has 3 atom stereocenters. The maximum absolute atomic E-state index is 12.3. The number of carboxylic acid groups (broad SMARTS) is 1. The van der Waals surface area contributed by atoms with Gasteiger partial charge in [-0.25, -0.2) is 0 Å². The Labute approximate surface area is 113 Å². The molecule has 5 nitrogen and oxygen atoms in total. The summed E-state index contributed by atoms with van der Waals surface area (Å²) in [5, 5.41) is 8.97. The number of likely N-dealkylation sites (N-methyl/N-ethyl adjacent to an activating group) is 1. The number of carboxylic acids is 1. The lowest BCUT2D eigenvalue weighted by Gasteiger charge is -2.28. The van der Waals surface area contributed by atoms with Crippen molar-refractivity contribution in [2.75, 3.05) is 20.2 Å². The highest BCUT2D eigenvalue weighted by Gasteiger charge is 2.35. The topological polar surface area (TPSA) is 66.8 Å². The van der Waals surface area contributed by atoms with E-state index in [1.165, 1.54) is 0 Å². The van der Waals surface area contributed by atoms with Gasteiger partial charge in [-0.1, -0.05) is 0 Å². The number of amides is 1. The third-order valence-corrected chi connectivity index (χ3v) is 4.26. The molecule has 1 saturated carbocycles. The number of rotatable bonds is 4. The van der Waals surface area contributed by atoms with Gasteiger partial charge in [0.25, 0.3) is 0 Å². The zero-order chi connectivity index (χ0) is 13.8. The molecule has 1 unspecified atom stereocenters. The molecule has 1 N–H and O–H groups in total. The molecule has 0 radical (unpaired) electrons. The molecule has 2 rings (SSSR count). The predicted octanol–water partition coefficient (Wildman–Crippen LogP) is 1.51. The Balaban J connectivity index is 1.80. The Morgan fingerprint density at radius 2 is 1.95 bits per heavy atom. The lowest BCUT2D eigenvalue weighted by atomic mass is 10.0. The van der Waals surface area contributed by atoms with Crippen LogP contribution in [0.1, 0.15) is 38.5 Å². The molecule has 0 aromatic heterocycles. The summed E-state index contributed by atoms with van der Waals surface area (Å²) in [6.45, 7) is 1.42. The first-order valence-electron chi connectivity index (χ1n) is 7.17. The second-order valence-corrected chi connectivity index (χ2v) is 5.75. The highest BCUT2D eigenvalue weighted by atomic mass is 16.5. The van der Waals surface area contributed by atoms with E-state index in [2.05, 4.69) is 0 Å². The van der Waals surface area contributed by atoms with Crippen molar-refractivity contribution < 1.29 is 19.4 Å². The minimum atomic E-state index is -0.770. The van der Waals surface area contributed by atoms with Gasteiger partial charge in [0, 0.05) is 26.1 Å². The monoisotopic (exact) mass is 269 g/mol. The molecular formula is C14H23NO4. The summed E-state index contributed by atoms with van der Waals surface area (Å²) in [4.78, 5) is 24.9. The van der Waals surface area contributed by atoms with Gasteiger partial charge in [-0.05, 0) is 38.5 Å². The van der Waals surface area contributed by atoms with Crippen LogP contribution in [0.2, 0.25) is 0 Å². The first-order valence-corrected chi connectivity index (χ1v) is 7.17. The fraction of sp³-hybridized carbons (Fsp3) is 0.857. The van der Waals surface area contributed by atoms with Crippen LogP contribution in [0.3, 0.4) is 0 Å². The summed E-state index contributed by atoms with van der Waals surface area (Å²) in [6, 6.07) is 0. The number of hydrogen-bond donors (Lipinski definition) is 1. The van der Waals surface area contributed by atoms with E-state index in [0.717, 1.165) is 25.9 Å². The average Bonchev–Trinajstić information content (AvgIpc) is 2.88. The normalized spacial score (nSPS) is 31.1. The standard InChI is InChI=1S/C14H23NO4/c1-15(9-12-4-2-3-7-19-12)13(16)10-5-6-11(8-10)14(17)18/h10-12H,2-9H2,1H3,(H,17,18)/t10-,11+,12?/m1/s1. The minimum absolute atomic E-state index is 0.0814. The van der Waals surface area contributed by atoms with Crippen molar-refractivity contribution in [1.29, 1.82) is 0 Å². The van der Waals surface area contributed by atoms with Crippen molar-refractivity contribution in [1.82, 2.24) is 4.90 Å². The Kier molecular flexibility index (Phi) is 4.80. The van der Waals surface area contributed by atoms with Gasteiger partial charge in [-0.3, -0.25) is 9.59 Å². The molecule has 1 amide bonds. The van der Waals surface area contributed by atoms with Gasteiger partial charge in [-0.2, -0.15) is 0 Å². The molecule has 0 bridgehead atoms. The van der Waals surface area contributed by atoms with Crippen molar-refractivity contribution in [3.8, 4) is 0 Å². The van der Waals surface area contributed by atoms with E-state index >= 15 is 0 Å². The van der Waals surface area contributed by atoms with E-state index in [1.807, 2.05) is 0 Å². The number of carbonyl (C=O) groups is 2. The Morgan fingerprint density at radius 1 is 1.21 bits per heavy atom. The third-order valence-electron chi connectivity index (χ3n) is 4.26. The molecule has 1 saturated heterocycles. The van der Waals surface area contributed by atoms with Gasteiger partial charge in [0.2, 0.25) is 5.91 Å². The van der Waals surface area contributed by atoms with Crippen LogP contribution in [0.4, 0.5) is 0 Å². The maximum Gasteiger partial charge on any atom is 0.306 e. The highest BCUT2D eigenvalue weighted by Crippen LogP contribution is 2.32.